The second-order valence-corrected chi connectivity index (χ2v) is 7.70. The minimum Gasteiger partial charge on any atom is -0.444 e. The highest BCUT2D eigenvalue weighted by Crippen LogP contribution is 2.36. The lowest BCUT2D eigenvalue weighted by atomic mass is 9.71. The number of hydrogen-bond acceptors (Lipinski definition) is 3. The maximum absolute atomic E-state index is 11.8. The highest BCUT2D eigenvalue weighted by atomic mass is 16.6. The zero-order valence-corrected chi connectivity index (χ0v) is 13.9. The molecule has 0 radical (unpaired) electrons. The topological polar surface area (TPSA) is 50.4 Å². The molecule has 2 N–H and O–H groups in total. The van der Waals surface area contributed by atoms with Gasteiger partial charge in [-0.1, -0.05) is 32.1 Å². The molecule has 0 aromatic rings. The maximum Gasteiger partial charge on any atom is 0.407 e. The van der Waals surface area contributed by atoms with Crippen LogP contribution in [-0.4, -0.2) is 31.3 Å². The number of nitrogens with one attached hydrogen (secondary N) is 2. The number of hydrogen-bond donors (Lipinski definition) is 2. The zero-order chi connectivity index (χ0) is 15.3. The van der Waals surface area contributed by atoms with Crippen molar-refractivity contribution >= 4 is 6.09 Å². The predicted molar refractivity (Wildman–Crippen MR) is 85.3 cm³/mol. The van der Waals surface area contributed by atoms with Gasteiger partial charge in [0.2, 0.25) is 0 Å². The Morgan fingerprint density at radius 3 is 2.57 bits per heavy atom. The molecule has 1 saturated carbocycles. The Hall–Kier alpha value is -0.770. The van der Waals surface area contributed by atoms with Crippen LogP contribution in [-0.2, 0) is 4.74 Å². The number of piperidine rings is 1. The predicted octanol–water partition coefficient (Wildman–Crippen LogP) is 3.32. The lowest BCUT2D eigenvalue weighted by molar-refractivity contribution is 0.0494. The van der Waals surface area contributed by atoms with E-state index in [2.05, 4.69) is 10.6 Å². The fourth-order valence-corrected chi connectivity index (χ4v) is 3.88. The van der Waals surface area contributed by atoms with Gasteiger partial charge in [0, 0.05) is 6.54 Å². The summed E-state index contributed by atoms with van der Waals surface area (Å²) in [6.07, 6.45) is 7.92. The highest BCUT2D eigenvalue weighted by molar-refractivity contribution is 5.67. The van der Waals surface area contributed by atoms with Crippen LogP contribution < -0.4 is 10.6 Å². The van der Waals surface area contributed by atoms with Gasteiger partial charge >= 0.3 is 6.09 Å². The normalized spacial score (nSPS) is 28.1. The van der Waals surface area contributed by atoms with Gasteiger partial charge < -0.3 is 15.4 Å². The smallest absolute Gasteiger partial charge is 0.407 e. The van der Waals surface area contributed by atoms with Crippen molar-refractivity contribution in [3.63, 3.8) is 0 Å². The first-order valence-electron chi connectivity index (χ1n) is 8.63. The Balaban J connectivity index is 1.82. The van der Waals surface area contributed by atoms with E-state index in [1.54, 1.807) is 0 Å². The summed E-state index contributed by atoms with van der Waals surface area (Å²) in [5, 5.41) is 6.46. The van der Waals surface area contributed by atoms with Crippen LogP contribution in [0, 0.1) is 17.8 Å². The molecule has 2 aliphatic rings. The third kappa shape index (κ3) is 5.50. The van der Waals surface area contributed by atoms with Crippen LogP contribution in [0.1, 0.15) is 59.3 Å². The van der Waals surface area contributed by atoms with Crippen LogP contribution in [0.15, 0.2) is 0 Å². The van der Waals surface area contributed by atoms with Crippen molar-refractivity contribution < 1.29 is 9.53 Å². The number of alkyl carbamates (subject to hydrolysis) is 1. The number of ether oxygens (including phenoxy) is 1. The van der Waals surface area contributed by atoms with Gasteiger partial charge in [-0.15, -0.1) is 0 Å². The molecule has 1 saturated heterocycles. The molecule has 2 rings (SSSR count). The largest absolute Gasteiger partial charge is 0.444 e. The molecule has 2 unspecified atom stereocenters. The summed E-state index contributed by atoms with van der Waals surface area (Å²) in [6, 6.07) is 0. The summed E-state index contributed by atoms with van der Waals surface area (Å²) in [4.78, 5) is 11.8. The molecular weight excluding hydrogens is 264 g/mol. The van der Waals surface area contributed by atoms with Crippen molar-refractivity contribution in [2.75, 3.05) is 19.6 Å². The van der Waals surface area contributed by atoms with Crippen LogP contribution in [0.4, 0.5) is 4.79 Å². The lowest BCUT2D eigenvalue weighted by Crippen LogP contribution is -2.46. The van der Waals surface area contributed by atoms with Crippen LogP contribution >= 0.6 is 0 Å². The van der Waals surface area contributed by atoms with Crippen LogP contribution in [0.3, 0.4) is 0 Å². The van der Waals surface area contributed by atoms with E-state index in [0.717, 1.165) is 31.5 Å². The Morgan fingerprint density at radius 1 is 1.19 bits per heavy atom. The van der Waals surface area contributed by atoms with Crippen LogP contribution in [0.2, 0.25) is 0 Å². The Labute approximate surface area is 129 Å². The SMILES string of the molecule is CC(C)(C)OC(=O)NCC1CNCCC1C1CCCCC1. The molecule has 1 aliphatic carbocycles. The fraction of sp³-hybridized carbons (Fsp3) is 0.941. The second-order valence-electron chi connectivity index (χ2n) is 7.70. The molecular formula is C17H32N2O2. The summed E-state index contributed by atoms with van der Waals surface area (Å²) >= 11 is 0. The molecule has 1 heterocycles. The van der Waals surface area contributed by atoms with E-state index in [0.29, 0.717) is 5.92 Å². The molecule has 1 amide bonds. The van der Waals surface area contributed by atoms with E-state index in [4.69, 9.17) is 4.74 Å². The molecule has 0 bridgehead atoms. The standard InChI is InChI=1S/C17H32N2O2/c1-17(2,3)21-16(20)19-12-14-11-18-10-9-15(14)13-7-5-4-6-8-13/h13-15,18H,4-12H2,1-3H3,(H,19,20). The quantitative estimate of drug-likeness (QED) is 0.840. The first-order chi connectivity index (χ1) is 9.96. The number of amides is 1. The molecule has 21 heavy (non-hydrogen) atoms. The van der Waals surface area contributed by atoms with Gasteiger partial charge in [0.05, 0.1) is 0 Å². The van der Waals surface area contributed by atoms with Crippen molar-refractivity contribution in [2.24, 2.45) is 17.8 Å². The molecule has 1 aliphatic heterocycles. The first-order valence-corrected chi connectivity index (χ1v) is 8.63. The Kier molecular flexibility index (Phi) is 5.91. The molecule has 4 heteroatoms. The van der Waals surface area contributed by atoms with E-state index in [1.807, 2.05) is 20.8 Å². The number of rotatable bonds is 3. The summed E-state index contributed by atoms with van der Waals surface area (Å²) < 4.78 is 5.34. The van der Waals surface area contributed by atoms with Gasteiger partial charge in [-0.3, -0.25) is 0 Å². The molecule has 0 aromatic heterocycles. The van der Waals surface area contributed by atoms with Gasteiger partial charge in [0.1, 0.15) is 5.60 Å². The van der Waals surface area contributed by atoms with Crippen molar-refractivity contribution in [3.05, 3.63) is 0 Å². The summed E-state index contributed by atoms with van der Waals surface area (Å²) in [5.41, 5.74) is -0.419. The molecule has 122 valence electrons. The van der Waals surface area contributed by atoms with Gasteiger partial charge in [0.25, 0.3) is 0 Å². The first kappa shape index (κ1) is 16.6. The Morgan fingerprint density at radius 2 is 1.90 bits per heavy atom. The molecule has 2 fully saturated rings. The van der Waals surface area contributed by atoms with Crippen molar-refractivity contribution in [2.45, 2.75) is 64.9 Å². The number of carbonyl (C=O) groups is 1. The average molecular weight is 296 g/mol. The lowest BCUT2D eigenvalue weighted by Gasteiger charge is -2.39. The summed E-state index contributed by atoms with van der Waals surface area (Å²) in [5.74, 6) is 2.18. The van der Waals surface area contributed by atoms with E-state index in [-0.39, 0.29) is 6.09 Å². The van der Waals surface area contributed by atoms with E-state index >= 15 is 0 Å². The molecule has 0 aromatic carbocycles. The minimum absolute atomic E-state index is 0.282. The molecule has 4 nitrogen and oxygen atoms in total. The highest BCUT2D eigenvalue weighted by Gasteiger charge is 2.32. The molecule has 2 atom stereocenters. The van der Waals surface area contributed by atoms with E-state index < -0.39 is 5.60 Å². The summed E-state index contributed by atoms with van der Waals surface area (Å²) in [6.45, 7) is 8.60. The van der Waals surface area contributed by atoms with Crippen LogP contribution in [0.5, 0.6) is 0 Å². The van der Waals surface area contributed by atoms with Crippen LogP contribution in [0.25, 0.3) is 0 Å². The number of carbonyl (C=O) groups excluding carboxylic acids is 1. The van der Waals surface area contributed by atoms with Crippen molar-refractivity contribution in [1.82, 2.24) is 10.6 Å². The van der Waals surface area contributed by atoms with Crippen molar-refractivity contribution in [1.29, 1.82) is 0 Å². The fourth-order valence-electron chi connectivity index (χ4n) is 3.88. The van der Waals surface area contributed by atoms with Gasteiger partial charge in [0.15, 0.2) is 0 Å². The Bertz CT molecular complexity index is 332. The molecule has 0 spiro atoms. The maximum atomic E-state index is 11.8. The van der Waals surface area contributed by atoms with Gasteiger partial charge in [-0.25, -0.2) is 4.79 Å². The third-order valence-corrected chi connectivity index (χ3v) is 4.83. The van der Waals surface area contributed by atoms with E-state index in [9.17, 15) is 4.79 Å². The van der Waals surface area contributed by atoms with Gasteiger partial charge in [-0.2, -0.15) is 0 Å². The second kappa shape index (κ2) is 7.48. The van der Waals surface area contributed by atoms with E-state index in [1.165, 1.54) is 38.5 Å². The monoisotopic (exact) mass is 296 g/mol. The zero-order valence-electron chi connectivity index (χ0n) is 13.9. The minimum atomic E-state index is -0.419. The van der Waals surface area contributed by atoms with Gasteiger partial charge in [-0.05, 0) is 58.0 Å². The van der Waals surface area contributed by atoms with Crippen molar-refractivity contribution in [3.8, 4) is 0 Å². The average Bonchev–Trinajstić information content (AvgIpc) is 2.45. The summed E-state index contributed by atoms with van der Waals surface area (Å²) in [7, 11) is 0. The third-order valence-electron chi connectivity index (χ3n) is 4.83.